The van der Waals surface area contributed by atoms with Crippen LogP contribution in [0.25, 0.3) is 0 Å². The quantitative estimate of drug-likeness (QED) is 0.861. The number of aromatic nitrogens is 2. The lowest BCUT2D eigenvalue weighted by Gasteiger charge is -2.11. The zero-order chi connectivity index (χ0) is 15.4. The Morgan fingerprint density at radius 3 is 2.62 bits per heavy atom. The van der Waals surface area contributed by atoms with Crippen molar-refractivity contribution in [2.75, 3.05) is 5.32 Å². The van der Waals surface area contributed by atoms with Gasteiger partial charge in [0.05, 0.1) is 5.56 Å². The number of carbonyl (C=O) groups is 2. The van der Waals surface area contributed by atoms with E-state index in [0.29, 0.717) is 11.5 Å². The minimum Gasteiger partial charge on any atom is -0.309 e. The minimum absolute atomic E-state index is 0.0752. The van der Waals surface area contributed by atoms with Gasteiger partial charge in [-0.3, -0.25) is 14.4 Å². The van der Waals surface area contributed by atoms with E-state index < -0.39 is 5.56 Å². The summed E-state index contributed by atoms with van der Waals surface area (Å²) in [5.41, 5.74) is 0.228. The molecule has 0 atom stereocenters. The highest BCUT2D eigenvalue weighted by Gasteiger charge is 2.13. The maximum atomic E-state index is 12.2. The van der Waals surface area contributed by atoms with Crippen molar-refractivity contribution in [3.05, 3.63) is 58.1 Å². The van der Waals surface area contributed by atoms with E-state index in [0.717, 1.165) is 0 Å². The van der Waals surface area contributed by atoms with E-state index >= 15 is 0 Å². The number of carbonyl (C=O) groups excluding carboxylic acids is 2. The molecule has 6 heteroatoms. The summed E-state index contributed by atoms with van der Waals surface area (Å²) >= 11 is 0. The van der Waals surface area contributed by atoms with E-state index in [9.17, 15) is 14.4 Å². The third kappa shape index (κ3) is 3.42. The van der Waals surface area contributed by atoms with Gasteiger partial charge in [0.25, 0.3) is 5.56 Å². The normalized spacial score (nSPS) is 10.2. The second-order valence-electron chi connectivity index (χ2n) is 4.60. The lowest BCUT2D eigenvalue weighted by Crippen LogP contribution is -2.32. The van der Waals surface area contributed by atoms with E-state index in [-0.39, 0.29) is 23.8 Å². The molecule has 2 aromatic heterocycles. The molecular formula is C15H15N3O3. The monoisotopic (exact) mass is 285 g/mol. The van der Waals surface area contributed by atoms with Crippen LogP contribution in [0.15, 0.2) is 41.3 Å². The van der Waals surface area contributed by atoms with Crippen LogP contribution in [-0.4, -0.2) is 21.2 Å². The van der Waals surface area contributed by atoms with Gasteiger partial charge in [0.15, 0.2) is 5.78 Å². The molecule has 0 aliphatic rings. The molecule has 0 aromatic carbocycles. The van der Waals surface area contributed by atoms with Gasteiger partial charge in [-0.15, -0.1) is 0 Å². The van der Waals surface area contributed by atoms with Gasteiger partial charge < -0.3 is 9.88 Å². The summed E-state index contributed by atoms with van der Waals surface area (Å²) in [5, 5.41) is 2.60. The number of aryl methyl sites for hydroxylation is 1. The fourth-order valence-electron chi connectivity index (χ4n) is 1.90. The van der Waals surface area contributed by atoms with Gasteiger partial charge in [-0.25, -0.2) is 4.98 Å². The Labute approximate surface area is 121 Å². The van der Waals surface area contributed by atoms with Crippen LogP contribution in [-0.2, 0) is 11.3 Å². The topological polar surface area (TPSA) is 81.1 Å². The zero-order valence-electron chi connectivity index (χ0n) is 11.8. The van der Waals surface area contributed by atoms with Crippen LogP contribution in [0.3, 0.4) is 0 Å². The summed E-state index contributed by atoms with van der Waals surface area (Å²) in [6, 6.07) is 8.26. The second kappa shape index (κ2) is 6.13. The molecule has 6 nitrogen and oxygen atoms in total. The molecule has 2 aromatic rings. The third-order valence-corrected chi connectivity index (χ3v) is 3.01. The fourth-order valence-corrected chi connectivity index (χ4v) is 1.90. The molecule has 0 saturated carbocycles. The third-order valence-electron chi connectivity index (χ3n) is 3.01. The highest BCUT2D eigenvalue weighted by Crippen LogP contribution is 2.03. The first-order valence-corrected chi connectivity index (χ1v) is 6.41. The predicted octanol–water partition coefficient (Wildman–Crippen LogP) is 1.39. The molecule has 0 bridgehead atoms. The Bertz CT molecular complexity index is 736. The Morgan fingerprint density at radius 1 is 1.24 bits per heavy atom. The molecule has 1 N–H and O–H groups in total. The van der Waals surface area contributed by atoms with E-state index in [4.69, 9.17) is 0 Å². The van der Waals surface area contributed by atoms with E-state index in [1.54, 1.807) is 37.4 Å². The molecule has 0 unspecified atom stereocenters. The number of rotatable bonds is 4. The van der Waals surface area contributed by atoms with Crippen LogP contribution >= 0.6 is 0 Å². The van der Waals surface area contributed by atoms with Crippen molar-refractivity contribution in [1.82, 2.24) is 9.55 Å². The molecule has 0 radical (unpaired) electrons. The molecule has 21 heavy (non-hydrogen) atoms. The number of pyridine rings is 2. The smallest absolute Gasteiger partial charge is 0.262 e. The second-order valence-corrected chi connectivity index (χ2v) is 4.60. The summed E-state index contributed by atoms with van der Waals surface area (Å²) in [6.45, 7) is 2.87. The SMILES string of the molecule is CC(=O)c1ccc(C)n(CC(=O)Nc2ccccn2)c1=O. The lowest BCUT2D eigenvalue weighted by molar-refractivity contribution is -0.116. The number of ketones is 1. The van der Waals surface area contributed by atoms with Crippen LogP contribution in [0.1, 0.15) is 23.0 Å². The summed E-state index contributed by atoms with van der Waals surface area (Å²) in [6.07, 6.45) is 1.56. The van der Waals surface area contributed by atoms with Crippen molar-refractivity contribution >= 4 is 17.5 Å². The molecular weight excluding hydrogens is 270 g/mol. The van der Waals surface area contributed by atoms with Gasteiger partial charge in [0, 0.05) is 11.9 Å². The first kappa shape index (κ1) is 14.6. The van der Waals surface area contributed by atoms with Crippen molar-refractivity contribution in [2.45, 2.75) is 20.4 Å². The van der Waals surface area contributed by atoms with Crippen LogP contribution in [0, 0.1) is 6.92 Å². The zero-order valence-corrected chi connectivity index (χ0v) is 11.8. The highest BCUT2D eigenvalue weighted by molar-refractivity contribution is 5.94. The standard InChI is InChI=1S/C15H15N3O3/c1-10-6-7-12(11(2)19)15(21)18(10)9-14(20)17-13-5-3-4-8-16-13/h3-8H,9H2,1-2H3,(H,16,17,20). The van der Waals surface area contributed by atoms with Gasteiger partial charge in [0.1, 0.15) is 12.4 Å². The number of hydrogen-bond donors (Lipinski definition) is 1. The maximum Gasteiger partial charge on any atom is 0.262 e. The Morgan fingerprint density at radius 2 is 2.00 bits per heavy atom. The molecule has 0 fully saturated rings. The van der Waals surface area contributed by atoms with Gasteiger partial charge in [-0.2, -0.15) is 0 Å². The minimum atomic E-state index is -0.460. The molecule has 0 aliphatic carbocycles. The molecule has 1 amide bonds. The number of nitrogens with zero attached hydrogens (tertiary/aromatic N) is 2. The Hall–Kier alpha value is -2.76. The first-order chi connectivity index (χ1) is 9.99. The van der Waals surface area contributed by atoms with Crippen LogP contribution in [0.5, 0.6) is 0 Å². The highest BCUT2D eigenvalue weighted by atomic mass is 16.2. The van der Waals surface area contributed by atoms with Crippen LogP contribution in [0.4, 0.5) is 5.82 Å². The van der Waals surface area contributed by atoms with Crippen LogP contribution < -0.4 is 10.9 Å². The number of nitrogens with one attached hydrogen (secondary N) is 1. The van der Waals surface area contributed by atoms with Gasteiger partial charge in [0.2, 0.25) is 5.91 Å². The first-order valence-electron chi connectivity index (χ1n) is 6.41. The van der Waals surface area contributed by atoms with Crippen molar-refractivity contribution in [3.8, 4) is 0 Å². The van der Waals surface area contributed by atoms with Gasteiger partial charge >= 0.3 is 0 Å². The van der Waals surface area contributed by atoms with Crippen LogP contribution in [0.2, 0.25) is 0 Å². The fraction of sp³-hybridized carbons (Fsp3) is 0.200. The largest absolute Gasteiger partial charge is 0.309 e. The average molecular weight is 285 g/mol. The van der Waals surface area contributed by atoms with Gasteiger partial charge in [-0.05, 0) is 38.1 Å². The van der Waals surface area contributed by atoms with Crippen molar-refractivity contribution in [1.29, 1.82) is 0 Å². The maximum absolute atomic E-state index is 12.2. The summed E-state index contributed by atoms with van der Waals surface area (Å²) < 4.78 is 1.27. The number of amides is 1. The van der Waals surface area contributed by atoms with Gasteiger partial charge in [-0.1, -0.05) is 6.07 Å². The molecule has 0 saturated heterocycles. The Balaban J connectivity index is 2.23. The van der Waals surface area contributed by atoms with E-state index in [1.807, 2.05) is 0 Å². The molecule has 0 aliphatic heterocycles. The number of Topliss-reactive ketones (excluding diaryl/α,β-unsaturated/α-hetero) is 1. The van der Waals surface area contributed by atoms with E-state index in [2.05, 4.69) is 10.3 Å². The van der Waals surface area contributed by atoms with E-state index in [1.165, 1.54) is 17.6 Å². The molecule has 2 heterocycles. The summed E-state index contributed by atoms with van der Waals surface area (Å²) in [7, 11) is 0. The van der Waals surface area contributed by atoms with Crippen molar-refractivity contribution < 1.29 is 9.59 Å². The average Bonchev–Trinajstić information content (AvgIpc) is 2.44. The van der Waals surface area contributed by atoms with Crippen molar-refractivity contribution in [3.63, 3.8) is 0 Å². The molecule has 108 valence electrons. The lowest BCUT2D eigenvalue weighted by atomic mass is 10.2. The Kier molecular flexibility index (Phi) is 4.27. The summed E-state index contributed by atoms with van der Waals surface area (Å²) in [5.74, 6) is -0.283. The number of hydrogen-bond acceptors (Lipinski definition) is 4. The number of anilines is 1. The molecule has 0 spiro atoms. The predicted molar refractivity (Wildman–Crippen MR) is 78.3 cm³/mol. The van der Waals surface area contributed by atoms with Crippen molar-refractivity contribution in [2.24, 2.45) is 0 Å². The summed E-state index contributed by atoms with van der Waals surface area (Å²) in [4.78, 5) is 39.5. The molecule has 2 rings (SSSR count).